The molecule has 5 heteroatoms. The quantitative estimate of drug-likeness (QED) is 0.391. The number of aromatic nitrogens is 2. The molecule has 1 heterocycles. The molecule has 4 rings (SSSR count). The van der Waals surface area contributed by atoms with E-state index in [0.717, 1.165) is 22.5 Å². The van der Waals surface area contributed by atoms with E-state index in [-0.39, 0.29) is 5.56 Å². The number of aromatic amines is 1. The fourth-order valence-electron chi connectivity index (χ4n) is 3.25. The van der Waals surface area contributed by atoms with Gasteiger partial charge in [-0.15, -0.1) is 0 Å². The van der Waals surface area contributed by atoms with Gasteiger partial charge in [-0.1, -0.05) is 78.9 Å². The predicted molar refractivity (Wildman–Crippen MR) is 116 cm³/mol. The maximum atomic E-state index is 13.3. The first-order chi connectivity index (χ1) is 14.2. The number of nitrogens with one attached hydrogen (secondary N) is 2. The molecule has 2 N–H and O–H groups in total. The summed E-state index contributed by atoms with van der Waals surface area (Å²) in [5.74, 6) is 0. The SMILES string of the molecule is Cc1[nH]n(-c2ccccc2)c(=O)c1/C(=N/NCc1ccccc1)c1ccccc1. The Morgan fingerprint density at radius 3 is 2.14 bits per heavy atom. The molecule has 0 fully saturated rings. The molecule has 0 unspecified atom stereocenters. The van der Waals surface area contributed by atoms with E-state index in [9.17, 15) is 4.79 Å². The number of H-pyrrole nitrogens is 1. The van der Waals surface area contributed by atoms with Crippen LogP contribution in [0.15, 0.2) is 101 Å². The van der Waals surface area contributed by atoms with Gasteiger partial charge >= 0.3 is 0 Å². The molecular formula is C24H22N4O. The van der Waals surface area contributed by atoms with Crippen LogP contribution in [0.2, 0.25) is 0 Å². The maximum Gasteiger partial charge on any atom is 0.281 e. The highest BCUT2D eigenvalue weighted by atomic mass is 16.1. The zero-order valence-electron chi connectivity index (χ0n) is 16.2. The summed E-state index contributed by atoms with van der Waals surface area (Å²) in [7, 11) is 0. The highest BCUT2D eigenvalue weighted by Gasteiger charge is 2.19. The second-order valence-electron chi connectivity index (χ2n) is 6.73. The van der Waals surface area contributed by atoms with Crippen molar-refractivity contribution in [3.05, 3.63) is 124 Å². The summed E-state index contributed by atoms with van der Waals surface area (Å²) >= 11 is 0. The van der Waals surface area contributed by atoms with E-state index in [1.165, 1.54) is 0 Å². The third kappa shape index (κ3) is 4.04. The van der Waals surface area contributed by atoms with Crippen molar-refractivity contribution in [1.29, 1.82) is 0 Å². The van der Waals surface area contributed by atoms with Crippen LogP contribution < -0.4 is 11.0 Å². The molecule has 0 aliphatic carbocycles. The van der Waals surface area contributed by atoms with Crippen LogP contribution >= 0.6 is 0 Å². The zero-order chi connectivity index (χ0) is 20.1. The van der Waals surface area contributed by atoms with Crippen molar-refractivity contribution in [2.45, 2.75) is 13.5 Å². The normalized spacial score (nSPS) is 11.4. The van der Waals surface area contributed by atoms with Crippen molar-refractivity contribution in [3.8, 4) is 5.69 Å². The van der Waals surface area contributed by atoms with E-state index < -0.39 is 0 Å². The Morgan fingerprint density at radius 2 is 1.48 bits per heavy atom. The van der Waals surface area contributed by atoms with E-state index in [1.54, 1.807) is 4.68 Å². The van der Waals surface area contributed by atoms with Crippen LogP contribution in [0.1, 0.15) is 22.4 Å². The van der Waals surface area contributed by atoms with E-state index in [1.807, 2.05) is 97.9 Å². The summed E-state index contributed by atoms with van der Waals surface area (Å²) in [6.07, 6.45) is 0. The summed E-state index contributed by atoms with van der Waals surface area (Å²) in [6.45, 7) is 2.47. The minimum absolute atomic E-state index is 0.127. The Kier molecular flexibility index (Phi) is 5.38. The Morgan fingerprint density at radius 1 is 0.897 bits per heavy atom. The molecule has 0 spiro atoms. The fraction of sp³-hybridized carbons (Fsp3) is 0.0833. The van der Waals surface area contributed by atoms with Crippen molar-refractivity contribution < 1.29 is 0 Å². The molecule has 0 aliphatic heterocycles. The molecule has 0 aliphatic rings. The van der Waals surface area contributed by atoms with Gasteiger partial charge in [0.25, 0.3) is 5.56 Å². The highest BCUT2D eigenvalue weighted by Crippen LogP contribution is 2.13. The fourth-order valence-corrected chi connectivity index (χ4v) is 3.25. The summed E-state index contributed by atoms with van der Waals surface area (Å²) < 4.78 is 1.56. The van der Waals surface area contributed by atoms with Crippen LogP contribution in [-0.4, -0.2) is 15.5 Å². The molecule has 1 aromatic heterocycles. The Labute approximate surface area is 169 Å². The van der Waals surface area contributed by atoms with Gasteiger partial charge < -0.3 is 5.43 Å². The van der Waals surface area contributed by atoms with Crippen LogP contribution in [0.25, 0.3) is 5.69 Å². The summed E-state index contributed by atoms with van der Waals surface area (Å²) in [5.41, 5.74) is 7.74. The van der Waals surface area contributed by atoms with Gasteiger partial charge in [-0.25, -0.2) is 4.68 Å². The first kappa shape index (κ1) is 18.5. The third-order valence-electron chi connectivity index (χ3n) is 4.69. The van der Waals surface area contributed by atoms with Crippen molar-refractivity contribution in [2.75, 3.05) is 0 Å². The molecule has 144 valence electrons. The molecule has 0 saturated heterocycles. The first-order valence-electron chi connectivity index (χ1n) is 9.51. The van der Waals surface area contributed by atoms with Crippen molar-refractivity contribution in [2.24, 2.45) is 5.10 Å². The average Bonchev–Trinajstić information content (AvgIpc) is 3.07. The van der Waals surface area contributed by atoms with Gasteiger partial charge in [0, 0.05) is 11.3 Å². The van der Waals surface area contributed by atoms with Crippen LogP contribution in [0, 0.1) is 6.92 Å². The van der Waals surface area contributed by atoms with Gasteiger partial charge in [-0.2, -0.15) is 5.10 Å². The molecule has 29 heavy (non-hydrogen) atoms. The number of hydrazone groups is 1. The average molecular weight is 382 g/mol. The van der Waals surface area contributed by atoms with E-state index >= 15 is 0 Å². The molecule has 0 atom stereocenters. The smallest absolute Gasteiger partial charge is 0.281 e. The minimum atomic E-state index is -0.127. The first-order valence-corrected chi connectivity index (χ1v) is 9.51. The monoisotopic (exact) mass is 382 g/mol. The molecule has 3 aromatic carbocycles. The minimum Gasteiger partial charge on any atom is -0.305 e. The molecule has 0 saturated carbocycles. The van der Waals surface area contributed by atoms with Crippen molar-refractivity contribution >= 4 is 5.71 Å². The van der Waals surface area contributed by atoms with Crippen molar-refractivity contribution in [1.82, 2.24) is 15.2 Å². The van der Waals surface area contributed by atoms with Crippen LogP contribution in [0.4, 0.5) is 0 Å². The van der Waals surface area contributed by atoms with Crippen LogP contribution in [-0.2, 0) is 6.54 Å². The maximum absolute atomic E-state index is 13.3. The lowest BCUT2D eigenvalue weighted by atomic mass is 10.0. The van der Waals surface area contributed by atoms with Gasteiger partial charge in [0.2, 0.25) is 0 Å². The molecular weight excluding hydrogens is 360 g/mol. The second kappa shape index (κ2) is 8.44. The van der Waals surface area contributed by atoms with Crippen molar-refractivity contribution in [3.63, 3.8) is 0 Å². The molecule has 0 radical (unpaired) electrons. The van der Waals surface area contributed by atoms with E-state index in [4.69, 9.17) is 0 Å². The van der Waals surface area contributed by atoms with E-state index in [2.05, 4.69) is 15.6 Å². The Bertz CT molecular complexity index is 1160. The van der Waals surface area contributed by atoms with Gasteiger partial charge in [-0.05, 0) is 24.6 Å². The van der Waals surface area contributed by atoms with E-state index in [0.29, 0.717) is 17.8 Å². The van der Waals surface area contributed by atoms with Crippen LogP contribution in [0.3, 0.4) is 0 Å². The van der Waals surface area contributed by atoms with Crippen LogP contribution in [0.5, 0.6) is 0 Å². The lowest BCUT2D eigenvalue weighted by Crippen LogP contribution is -2.23. The number of rotatable bonds is 6. The second-order valence-corrected chi connectivity index (χ2v) is 6.73. The number of nitrogens with zero attached hydrogens (tertiary/aromatic N) is 2. The molecule has 4 aromatic rings. The lowest BCUT2D eigenvalue weighted by Gasteiger charge is -2.07. The standard InChI is InChI=1S/C24H22N4O/c1-18-22(24(29)28(27-18)21-15-9-4-10-16-21)23(20-13-7-3-8-14-20)26-25-17-19-11-5-2-6-12-19/h2-16,25,27H,17H2,1H3/b26-23+. The lowest BCUT2D eigenvalue weighted by molar-refractivity contribution is 0.744. The molecule has 5 nitrogen and oxygen atoms in total. The third-order valence-corrected chi connectivity index (χ3v) is 4.69. The topological polar surface area (TPSA) is 62.2 Å². The van der Waals surface area contributed by atoms with Gasteiger partial charge in [0.05, 0.1) is 17.8 Å². The number of aryl methyl sites for hydroxylation is 1. The predicted octanol–water partition coefficient (Wildman–Crippen LogP) is 4.02. The van der Waals surface area contributed by atoms with Gasteiger partial charge in [0.1, 0.15) is 5.71 Å². The Hall–Kier alpha value is -3.86. The number of para-hydroxylation sites is 1. The number of hydrogen-bond acceptors (Lipinski definition) is 3. The molecule has 0 bridgehead atoms. The highest BCUT2D eigenvalue weighted by molar-refractivity contribution is 6.13. The summed E-state index contributed by atoms with van der Waals surface area (Å²) in [6, 6.07) is 29.3. The summed E-state index contributed by atoms with van der Waals surface area (Å²) in [5, 5.41) is 7.80. The summed E-state index contributed by atoms with van der Waals surface area (Å²) in [4.78, 5) is 13.3. The Balaban J connectivity index is 1.75. The molecule has 0 amide bonds. The largest absolute Gasteiger partial charge is 0.305 e. The van der Waals surface area contributed by atoms with Gasteiger partial charge in [0.15, 0.2) is 0 Å². The zero-order valence-corrected chi connectivity index (χ0v) is 16.2. The number of benzene rings is 3. The van der Waals surface area contributed by atoms with Gasteiger partial charge in [-0.3, -0.25) is 9.89 Å². The number of hydrogen-bond donors (Lipinski definition) is 2.